The van der Waals surface area contributed by atoms with Crippen LogP contribution in [0.2, 0.25) is 0 Å². The van der Waals surface area contributed by atoms with Crippen LogP contribution in [0.25, 0.3) is 5.57 Å². The van der Waals surface area contributed by atoms with E-state index in [0.29, 0.717) is 31.7 Å². The minimum absolute atomic E-state index is 0.0671. The van der Waals surface area contributed by atoms with Gasteiger partial charge in [0.1, 0.15) is 0 Å². The van der Waals surface area contributed by atoms with Crippen LogP contribution in [0.5, 0.6) is 0 Å². The Morgan fingerprint density at radius 2 is 1.72 bits per heavy atom. The summed E-state index contributed by atoms with van der Waals surface area (Å²) < 4.78 is 4.94. The highest BCUT2D eigenvalue weighted by molar-refractivity contribution is 5.92. The van der Waals surface area contributed by atoms with E-state index in [4.69, 9.17) is 4.74 Å². The van der Waals surface area contributed by atoms with Gasteiger partial charge in [-0.25, -0.2) is 9.59 Å². The van der Waals surface area contributed by atoms with Crippen LogP contribution in [0.4, 0.5) is 10.5 Å². The van der Waals surface area contributed by atoms with Crippen LogP contribution in [0.3, 0.4) is 0 Å². The molecule has 158 valence electrons. The molecular formula is C23H32N2O4. The van der Waals surface area contributed by atoms with Gasteiger partial charge < -0.3 is 19.6 Å². The standard InChI is InChI=1S/C23H32N2O4/c1-22(2)13-17(14-23(3,4)15-22)18-12-16(20(26)29-5)6-7-19(18)24-8-10-25(11-9-24)21(27)28/h6-7,12-13H,8-11,14-15H2,1-5H3,(H,27,28). The van der Waals surface area contributed by atoms with Gasteiger partial charge in [0.2, 0.25) is 0 Å². The molecule has 29 heavy (non-hydrogen) atoms. The summed E-state index contributed by atoms with van der Waals surface area (Å²) in [5, 5.41) is 9.24. The number of piperazine rings is 1. The number of anilines is 1. The summed E-state index contributed by atoms with van der Waals surface area (Å²) in [5.74, 6) is -0.344. The van der Waals surface area contributed by atoms with Crippen molar-refractivity contribution in [2.24, 2.45) is 10.8 Å². The number of rotatable bonds is 3. The minimum Gasteiger partial charge on any atom is -0.465 e. The number of carboxylic acid groups (broad SMARTS) is 1. The average molecular weight is 401 g/mol. The number of carbonyl (C=O) groups is 2. The second-order valence-corrected chi connectivity index (χ2v) is 9.66. The topological polar surface area (TPSA) is 70.1 Å². The Labute approximate surface area is 173 Å². The minimum atomic E-state index is -0.871. The van der Waals surface area contributed by atoms with Gasteiger partial charge in [0.15, 0.2) is 0 Å². The van der Waals surface area contributed by atoms with Crippen LogP contribution in [-0.4, -0.2) is 55.4 Å². The van der Waals surface area contributed by atoms with Gasteiger partial charge in [0, 0.05) is 37.4 Å². The number of nitrogens with zero attached hydrogens (tertiary/aromatic N) is 2. The van der Waals surface area contributed by atoms with E-state index >= 15 is 0 Å². The highest BCUT2D eigenvalue weighted by Crippen LogP contribution is 2.49. The molecule has 6 heteroatoms. The Bertz CT molecular complexity index is 833. The highest BCUT2D eigenvalue weighted by atomic mass is 16.5. The molecule has 0 atom stereocenters. The smallest absolute Gasteiger partial charge is 0.407 e. The van der Waals surface area contributed by atoms with Crippen molar-refractivity contribution in [3.63, 3.8) is 0 Å². The van der Waals surface area contributed by atoms with Crippen LogP contribution >= 0.6 is 0 Å². The third kappa shape index (κ3) is 4.74. The number of allylic oxidation sites excluding steroid dienone is 2. The van der Waals surface area contributed by atoms with E-state index in [1.807, 2.05) is 12.1 Å². The van der Waals surface area contributed by atoms with E-state index < -0.39 is 6.09 Å². The van der Waals surface area contributed by atoms with Crippen molar-refractivity contribution in [1.29, 1.82) is 0 Å². The Kier molecular flexibility index (Phi) is 5.65. The molecule has 1 aromatic carbocycles. The van der Waals surface area contributed by atoms with Crippen molar-refractivity contribution in [3.05, 3.63) is 35.4 Å². The summed E-state index contributed by atoms with van der Waals surface area (Å²) in [4.78, 5) is 27.1. The second-order valence-electron chi connectivity index (χ2n) is 9.66. The zero-order valence-electron chi connectivity index (χ0n) is 18.1. The Hall–Kier alpha value is -2.50. The number of hydrogen-bond donors (Lipinski definition) is 1. The van der Waals surface area contributed by atoms with Gasteiger partial charge >= 0.3 is 12.1 Å². The van der Waals surface area contributed by atoms with E-state index in [1.165, 1.54) is 17.6 Å². The molecule has 1 N–H and O–H groups in total. The Morgan fingerprint density at radius 1 is 1.07 bits per heavy atom. The van der Waals surface area contributed by atoms with Crippen LogP contribution < -0.4 is 4.90 Å². The molecule has 0 bridgehead atoms. The van der Waals surface area contributed by atoms with E-state index in [2.05, 4.69) is 38.7 Å². The molecule has 3 rings (SSSR count). The largest absolute Gasteiger partial charge is 0.465 e. The number of ether oxygens (including phenoxy) is 1. The molecule has 0 spiro atoms. The van der Waals surface area contributed by atoms with Gasteiger partial charge in [-0.15, -0.1) is 0 Å². The third-order valence-electron chi connectivity index (χ3n) is 5.82. The van der Waals surface area contributed by atoms with E-state index in [1.54, 1.807) is 6.07 Å². The lowest BCUT2D eigenvalue weighted by molar-refractivity contribution is 0.0600. The summed E-state index contributed by atoms with van der Waals surface area (Å²) in [6, 6.07) is 5.72. The fourth-order valence-electron chi connectivity index (χ4n) is 5.01. The lowest BCUT2D eigenvalue weighted by Crippen LogP contribution is -2.48. The first-order valence-electron chi connectivity index (χ1n) is 10.2. The van der Waals surface area contributed by atoms with Gasteiger partial charge in [-0.3, -0.25) is 0 Å². The molecular weight excluding hydrogens is 368 g/mol. The maximum atomic E-state index is 12.2. The molecule has 1 fully saturated rings. The van der Waals surface area contributed by atoms with E-state index in [0.717, 1.165) is 24.1 Å². The van der Waals surface area contributed by atoms with Gasteiger partial charge in [-0.05, 0) is 47.4 Å². The van der Waals surface area contributed by atoms with E-state index in [-0.39, 0.29) is 16.8 Å². The first kappa shape index (κ1) is 21.2. The summed E-state index contributed by atoms with van der Waals surface area (Å²) in [5.41, 5.74) is 4.12. The average Bonchev–Trinajstić information content (AvgIpc) is 2.64. The molecule has 0 aromatic heterocycles. The van der Waals surface area contributed by atoms with Crippen LogP contribution in [0, 0.1) is 10.8 Å². The first-order valence-corrected chi connectivity index (χ1v) is 10.2. The number of methoxy groups -OCH3 is 1. The summed E-state index contributed by atoms with van der Waals surface area (Å²) >= 11 is 0. The van der Waals surface area contributed by atoms with E-state index in [9.17, 15) is 14.7 Å². The summed E-state index contributed by atoms with van der Waals surface area (Å²) in [7, 11) is 1.40. The molecule has 6 nitrogen and oxygen atoms in total. The monoisotopic (exact) mass is 400 g/mol. The van der Waals surface area contributed by atoms with Crippen molar-refractivity contribution >= 4 is 23.3 Å². The number of carbonyl (C=O) groups excluding carboxylic acids is 1. The number of hydrogen-bond acceptors (Lipinski definition) is 4. The molecule has 1 heterocycles. The zero-order valence-corrected chi connectivity index (χ0v) is 18.1. The molecule has 1 aliphatic carbocycles. The van der Waals surface area contributed by atoms with Gasteiger partial charge in [0.25, 0.3) is 0 Å². The highest BCUT2D eigenvalue weighted by Gasteiger charge is 2.35. The predicted octanol–water partition coefficient (Wildman–Crippen LogP) is 4.50. The molecule has 1 amide bonds. The third-order valence-corrected chi connectivity index (χ3v) is 5.82. The van der Waals surface area contributed by atoms with Crippen molar-refractivity contribution in [2.75, 3.05) is 38.2 Å². The summed E-state index contributed by atoms with van der Waals surface area (Å²) in [6.45, 7) is 11.3. The van der Waals surface area contributed by atoms with Crippen molar-refractivity contribution in [1.82, 2.24) is 4.90 Å². The van der Waals surface area contributed by atoms with Crippen molar-refractivity contribution in [2.45, 2.75) is 40.5 Å². The van der Waals surface area contributed by atoms with Crippen LogP contribution in [0.15, 0.2) is 24.3 Å². The molecule has 2 aliphatic rings. The first-order chi connectivity index (χ1) is 13.5. The van der Waals surface area contributed by atoms with Crippen LogP contribution in [-0.2, 0) is 4.74 Å². The lowest BCUT2D eigenvalue weighted by Gasteiger charge is -2.41. The molecule has 0 radical (unpaired) electrons. The number of amides is 1. The second kappa shape index (κ2) is 7.73. The Morgan fingerprint density at radius 3 is 2.28 bits per heavy atom. The van der Waals surface area contributed by atoms with Crippen molar-refractivity contribution < 1.29 is 19.4 Å². The molecule has 1 saturated heterocycles. The predicted molar refractivity (Wildman–Crippen MR) is 114 cm³/mol. The van der Waals surface area contributed by atoms with Gasteiger partial charge in [0.05, 0.1) is 12.7 Å². The summed E-state index contributed by atoms with van der Waals surface area (Å²) in [6.07, 6.45) is 3.51. The molecule has 1 aliphatic heterocycles. The normalized spacial score (nSPS) is 20.8. The number of benzene rings is 1. The van der Waals surface area contributed by atoms with Crippen LogP contribution in [0.1, 0.15) is 56.5 Å². The van der Waals surface area contributed by atoms with Crippen molar-refractivity contribution in [3.8, 4) is 0 Å². The van der Waals surface area contributed by atoms with Gasteiger partial charge in [-0.2, -0.15) is 0 Å². The maximum absolute atomic E-state index is 12.2. The molecule has 1 aromatic rings. The SMILES string of the molecule is COC(=O)c1ccc(N2CCN(C(=O)O)CC2)c(C2=CC(C)(C)CC(C)(C)C2)c1. The molecule has 0 unspecified atom stereocenters. The number of esters is 1. The fraction of sp³-hybridized carbons (Fsp3) is 0.565. The lowest BCUT2D eigenvalue weighted by atomic mass is 9.65. The Balaban J connectivity index is 2.03. The fourth-order valence-corrected chi connectivity index (χ4v) is 5.01. The van der Waals surface area contributed by atoms with Gasteiger partial charge in [-0.1, -0.05) is 33.8 Å². The quantitative estimate of drug-likeness (QED) is 0.757. The maximum Gasteiger partial charge on any atom is 0.407 e. The molecule has 0 saturated carbocycles. The zero-order chi connectivity index (χ0) is 21.4.